The van der Waals surface area contributed by atoms with Gasteiger partial charge in [0.15, 0.2) is 0 Å². The molecule has 0 bridgehead atoms. The summed E-state index contributed by atoms with van der Waals surface area (Å²) in [7, 11) is -4.07. The second kappa shape index (κ2) is 5.83. The van der Waals surface area contributed by atoms with E-state index in [1.165, 1.54) is 30.5 Å². The Kier molecular flexibility index (Phi) is 4.33. The van der Waals surface area contributed by atoms with Crippen LogP contribution in [0.25, 0.3) is 0 Å². The highest BCUT2D eigenvalue weighted by atomic mass is 127. The van der Waals surface area contributed by atoms with Gasteiger partial charge < -0.3 is 0 Å². The molecule has 5 nitrogen and oxygen atoms in total. The second-order valence-corrected chi connectivity index (χ2v) is 6.68. The maximum absolute atomic E-state index is 13.5. The Labute approximate surface area is 128 Å². The van der Waals surface area contributed by atoms with Crippen molar-refractivity contribution >= 4 is 38.5 Å². The van der Waals surface area contributed by atoms with Gasteiger partial charge in [0.05, 0.1) is 5.56 Å². The number of benzene rings is 1. The van der Waals surface area contributed by atoms with E-state index in [0.717, 1.165) is 12.3 Å². The summed E-state index contributed by atoms with van der Waals surface area (Å²) in [5.74, 6) is -1.81. The van der Waals surface area contributed by atoms with Crippen LogP contribution in [0.1, 0.15) is 10.4 Å². The molecule has 104 valence electrons. The summed E-state index contributed by atoms with van der Waals surface area (Å²) in [4.78, 5) is 15.3. The maximum Gasteiger partial charge on any atom is 0.268 e. The van der Waals surface area contributed by atoms with Gasteiger partial charge in [-0.25, -0.2) is 17.5 Å². The van der Waals surface area contributed by atoms with Gasteiger partial charge in [0.25, 0.3) is 15.9 Å². The number of amides is 1. The number of aromatic nitrogens is 1. The molecule has 1 aromatic carbocycles. The number of halogens is 2. The fraction of sp³-hybridized carbons (Fsp3) is 0. The first-order valence-electron chi connectivity index (χ1n) is 5.32. The molecule has 0 aliphatic rings. The van der Waals surface area contributed by atoms with Crippen molar-refractivity contribution in [3.63, 3.8) is 0 Å². The quantitative estimate of drug-likeness (QED) is 0.791. The van der Waals surface area contributed by atoms with E-state index >= 15 is 0 Å². The first kappa shape index (κ1) is 14.9. The molecule has 2 rings (SSSR count). The van der Waals surface area contributed by atoms with Crippen LogP contribution in [0.4, 0.5) is 4.39 Å². The summed E-state index contributed by atoms with van der Waals surface area (Å²) < 4.78 is 39.8. The topological polar surface area (TPSA) is 76.1 Å². The van der Waals surface area contributed by atoms with Gasteiger partial charge in [-0.05, 0) is 52.9 Å². The fourth-order valence-electron chi connectivity index (χ4n) is 1.41. The molecule has 0 radical (unpaired) electrons. The number of nitrogens with one attached hydrogen (secondary N) is 1. The van der Waals surface area contributed by atoms with Gasteiger partial charge in [-0.3, -0.25) is 9.78 Å². The average molecular weight is 406 g/mol. The highest BCUT2D eigenvalue weighted by Gasteiger charge is 2.21. The van der Waals surface area contributed by atoms with Crippen LogP contribution in [0.3, 0.4) is 0 Å². The molecular formula is C12H8FIN2O3S. The highest BCUT2D eigenvalue weighted by molar-refractivity contribution is 14.1. The van der Waals surface area contributed by atoms with Crippen molar-refractivity contribution in [2.24, 2.45) is 0 Å². The number of hydrogen-bond acceptors (Lipinski definition) is 4. The molecule has 2 aromatic rings. The van der Waals surface area contributed by atoms with E-state index in [9.17, 15) is 17.6 Å². The van der Waals surface area contributed by atoms with Gasteiger partial charge in [-0.15, -0.1) is 0 Å². The van der Waals surface area contributed by atoms with Crippen molar-refractivity contribution in [3.8, 4) is 0 Å². The Morgan fingerprint density at radius 2 is 2.05 bits per heavy atom. The Hall–Kier alpha value is -1.55. The SMILES string of the molecule is O=C(NS(=O)(=O)c1cccnc1)c1cc(I)ccc1F. The smallest absolute Gasteiger partial charge is 0.268 e. The third-order valence-corrected chi connectivity index (χ3v) is 4.33. The van der Waals surface area contributed by atoms with Crippen molar-refractivity contribution in [2.75, 3.05) is 0 Å². The monoisotopic (exact) mass is 406 g/mol. The predicted octanol–water partition coefficient (Wildman–Crippen LogP) is 1.94. The van der Waals surface area contributed by atoms with Gasteiger partial charge in [0.2, 0.25) is 0 Å². The first-order chi connectivity index (χ1) is 9.40. The third-order valence-electron chi connectivity index (χ3n) is 2.34. The maximum atomic E-state index is 13.5. The lowest BCUT2D eigenvalue weighted by atomic mass is 10.2. The molecule has 1 N–H and O–H groups in total. The van der Waals surface area contributed by atoms with E-state index in [2.05, 4.69) is 4.98 Å². The normalized spacial score (nSPS) is 11.1. The summed E-state index contributed by atoms with van der Waals surface area (Å²) >= 11 is 1.90. The number of carbonyl (C=O) groups is 1. The van der Waals surface area contributed by atoms with Crippen LogP contribution in [0.2, 0.25) is 0 Å². The molecular weight excluding hydrogens is 398 g/mol. The van der Waals surface area contributed by atoms with E-state index in [0.29, 0.717) is 3.57 Å². The molecule has 0 spiro atoms. The van der Waals surface area contributed by atoms with Gasteiger partial charge in [-0.1, -0.05) is 0 Å². The minimum Gasteiger partial charge on any atom is -0.268 e. The number of pyridine rings is 1. The van der Waals surface area contributed by atoms with Crippen LogP contribution in [0.5, 0.6) is 0 Å². The number of sulfonamides is 1. The summed E-state index contributed by atoms with van der Waals surface area (Å²) in [6.07, 6.45) is 2.50. The zero-order valence-electron chi connectivity index (χ0n) is 9.88. The lowest BCUT2D eigenvalue weighted by Gasteiger charge is -2.07. The van der Waals surface area contributed by atoms with Crippen LogP contribution in [-0.2, 0) is 10.0 Å². The van der Waals surface area contributed by atoms with Crippen LogP contribution in [-0.4, -0.2) is 19.3 Å². The minimum atomic E-state index is -4.07. The minimum absolute atomic E-state index is 0.167. The Morgan fingerprint density at radius 3 is 2.70 bits per heavy atom. The molecule has 1 heterocycles. The van der Waals surface area contributed by atoms with Crippen LogP contribution >= 0.6 is 22.6 Å². The van der Waals surface area contributed by atoms with Crippen molar-refractivity contribution < 1.29 is 17.6 Å². The number of hydrogen-bond donors (Lipinski definition) is 1. The van der Waals surface area contributed by atoms with Crippen LogP contribution < -0.4 is 4.72 Å². The van der Waals surface area contributed by atoms with E-state index in [1.54, 1.807) is 4.72 Å². The number of rotatable bonds is 3. The molecule has 0 atom stereocenters. The van der Waals surface area contributed by atoms with Crippen LogP contribution in [0.15, 0.2) is 47.6 Å². The number of nitrogens with zero attached hydrogens (tertiary/aromatic N) is 1. The summed E-state index contributed by atoms with van der Waals surface area (Å²) in [6, 6.07) is 6.55. The molecule has 8 heteroatoms. The van der Waals surface area contributed by atoms with Crippen LogP contribution in [0, 0.1) is 9.39 Å². The summed E-state index contributed by atoms with van der Waals surface area (Å²) in [5.41, 5.74) is -0.329. The number of carbonyl (C=O) groups excluding carboxylic acids is 1. The lowest BCUT2D eigenvalue weighted by molar-refractivity contribution is 0.0977. The van der Waals surface area contributed by atoms with E-state index < -0.39 is 21.7 Å². The molecule has 1 aromatic heterocycles. The summed E-state index contributed by atoms with van der Waals surface area (Å²) in [5, 5.41) is 0. The molecule has 0 aliphatic heterocycles. The Bertz CT molecular complexity index is 751. The van der Waals surface area contributed by atoms with E-state index in [1.807, 2.05) is 22.6 Å². The molecule has 0 unspecified atom stereocenters. The molecule has 0 saturated heterocycles. The second-order valence-electron chi connectivity index (χ2n) is 3.75. The van der Waals surface area contributed by atoms with Crippen molar-refractivity contribution in [1.82, 2.24) is 9.71 Å². The van der Waals surface area contributed by atoms with Crippen molar-refractivity contribution in [3.05, 3.63) is 57.7 Å². The van der Waals surface area contributed by atoms with E-state index in [4.69, 9.17) is 0 Å². The standard InChI is InChI=1S/C12H8FIN2O3S/c13-11-4-3-8(14)6-10(11)12(17)16-20(18,19)9-2-1-5-15-7-9/h1-7H,(H,16,17). The van der Waals surface area contributed by atoms with E-state index in [-0.39, 0.29) is 10.5 Å². The Balaban J connectivity index is 2.30. The molecule has 0 fully saturated rings. The molecule has 20 heavy (non-hydrogen) atoms. The predicted molar refractivity (Wildman–Crippen MR) is 78.0 cm³/mol. The Morgan fingerprint density at radius 1 is 1.30 bits per heavy atom. The first-order valence-corrected chi connectivity index (χ1v) is 7.88. The molecule has 0 aliphatic carbocycles. The van der Waals surface area contributed by atoms with Gasteiger partial charge in [-0.2, -0.15) is 0 Å². The fourth-order valence-corrected chi connectivity index (χ4v) is 2.83. The third kappa shape index (κ3) is 3.31. The molecule has 0 saturated carbocycles. The molecule has 1 amide bonds. The zero-order valence-corrected chi connectivity index (χ0v) is 12.9. The zero-order chi connectivity index (χ0) is 14.8. The highest BCUT2D eigenvalue weighted by Crippen LogP contribution is 2.14. The average Bonchev–Trinajstić information content (AvgIpc) is 2.42. The van der Waals surface area contributed by atoms with Crippen molar-refractivity contribution in [1.29, 1.82) is 0 Å². The van der Waals surface area contributed by atoms with Gasteiger partial charge in [0.1, 0.15) is 10.7 Å². The van der Waals surface area contributed by atoms with Gasteiger partial charge >= 0.3 is 0 Å². The van der Waals surface area contributed by atoms with Crippen molar-refractivity contribution in [2.45, 2.75) is 4.90 Å². The van der Waals surface area contributed by atoms with Gasteiger partial charge in [0, 0.05) is 16.0 Å². The summed E-state index contributed by atoms with van der Waals surface area (Å²) in [6.45, 7) is 0. The lowest BCUT2D eigenvalue weighted by Crippen LogP contribution is -2.31. The largest absolute Gasteiger partial charge is 0.268 e.